The van der Waals surface area contributed by atoms with E-state index < -0.39 is 3.23 Å². The SMILES string of the molecule is O=C1N(C2CCCCC(O)C2)c2nc(Cl)ncc2C1(Br)Br. The summed E-state index contributed by atoms with van der Waals surface area (Å²) in [6.45, 7) is 0. The number of aliphatic hydroxyl groups excluding tert-OH is 1. The van der Waals surface area contributed by atoms with Gasteiger partial charge in [-0.2, -0.15) is 4.98 Å². The Morgan fingerprint density at radius 2 is 2.10 bits per heavy atom. The van der Waals surface area contributed by atoms with Crippen LogP contribution >= 0.6 is 43.5 Å². The van der Waals surface area contributed by atoms with Crippen LogP contribution in [0.2, 0.25) is 5.28 Å². The van der Waals surface area contributed by atoms with E-state index in [0.717, 1.165) is 25.7 Å². The Balaban J connectivity index is 2.03. The lowest BCUT2D eigenvalue weighted by Gasteiger charge is -2.28. The second kappa shape index (κ2) is 5.76. The van der Waals surface area contributed by atoms with Crippen LogP contribution in [0.4, 0.5) is 5.82 Å². The van der Waals surface area contributed by atoms with Crippen LogP contribution in [0, 0.1) is 0 Å². The molecule has 21 heavy (non-hydrogen) atoms. The molecule has 1 aromatic rings. The smallest absolute Gasteiger partial charge is 0.260 e. The lowest BCUT2D eigenvalue weighted by atomic mass is 10.1. The zero-order chi connectivity index (χ0) is 15.2. The van der Waals surface area contributed by atoms with Gasteiger partial charge in [0.05, 0.1) is 11.7 Å². The van der Waals surface area contributed by atoms with Crippen LogP contribution < -0.4 is 4.90 Å². The molecule has 1 amide bonds. The molecule has 1 aliphatic carbocycles. The molecule has 0 saturated heterocycles. The third-order valence-corrected chi connectivity index (χ3v) is 5.74. The number of rotatable bonds is 1. The van der Waals surface area contributed by atoms with E-state index >= 15 is 0 Å². The lowest BCUT2D eigenvalue weighted by molar-refractivity contribution is -0.118. The first-order valence-electron chi connectivity index (χ1n) is 6.84. The van der Waals surface area contributed by atoms with Gasteiger partial charge in [0.25, 0.3) is 5.91 Å². The van der Waals surface area contributed by atoms with E-state index in [1.54, 1.807) is 11.1 Å². The summed E-state index contributed by atoms with van der Waals surface area (Å²) in [5.41, 5.74) is 0.649. The first-order chi connectivity index (χ1) is 9.91. The minimum Gasteiger partial charge on any atom is -0.393 e. The zero-order valence-corrected chi connectivity index (χ0v) is 15.0. The van der Waals surface area contributed by atoms with Gasteiger partial charge in [-0.25, -0.2) is 4.98 Å². The Hall–Kier alpha value is -0.240. The first-order valence-corrected chi connectivity index (χ1v) is 8.80. The predicted molar refractivity (Wildman–Crippen MR) is 86.9 cm³/mol. The Kier molecular flexibility index (Phi) is 4.29. The molecule has 8 heteroatoms. The number of halogens is 3. The highest BCUT2D eigenvalue weighted by atomic mass is 79.9. The fourth-order valence-electron chi connectivity index (χ4n) is 3.00. The second-order valence-corrected chi connectivity index (χ2v) is 9.23. The van der Waals surface area contributed by atoms with E-state index in [1.807, 2.05) is 0 Å². The van der Waals surface area contributed by atoms with Crippen LogP contribution in [0.25, 0.3) is 0 Å². The second-order valence-electron chi connectivity index (χ2n) is 5.45. The highest BCUT2D eigenvalue weighted by Crippen LogP contribution is 2.51. The number of anilines is 1. The molecule has 0 bridgehead atoms. The number of nitrogens with zero attached hydrogens (tertiary/aromatic N) is 3. The largest absolute Gasteiger partial charge is 0.393 e. The van der Waals surface area contributed by atoms with E-state index in [0.29, 0.717) is 17.8 Å². The number of hydrogen-bond donors (Lipinski definition) is 1. The molecule has 0 spiro atoms. The topological polar surface area (TPSA) is 66.3 Å². The van der Waals surface area contributed by atoms with Crippen molar-refractivity contribution in [3.63, 3.8) is 0 Å². The third-order valence-electron chi connectivity index (χ3n) is 4.03. The molecule has 0 radical (unpaired) electrons. The molecule has 5 nitrogen and oxygen atoms in total. The molecule has 1 aliphatic heterocycles. The van der Waals surface area contributed by atoms with Crippen LogP contribution in [-0.2, 0) is 8.03 Å². The van der Waals surface area contributed by atoms with Crippen LogP contribution in [-0.4, -0.2) is 33.1 Å². The summed E-state index contributed by atoms with van der Waals surface area (Å²) in [5, 5.41) is 10.1. The average Bonchev–Trinajstić information content (AvgIpc) is 2.58. The van der Waals surface area contributed by atoms with Crippen LogP contribution in [0.15, 0.2) is 6.20 Å². The quantitative estimate of drug-likeness (QED) is 0.415. The summed E-state index contributed by atoms with van der Waals surface area (Å²) in [4.78, 5) is 22.6. The summed E-state index contributed by atoms with van der Waals surface area (Å²) in [6.07, 6.45) is 5.32. The lowest BCUT2D eigenvalue weighted by Crippen LogP contribution is -2.42. The molecule has 2 unspecified atom stereocenters. The normalized spacial score (nSPS) is 28.4. The van der Waals surface area contributed by atoms with E-state index in [4.69, 9.17) is 11.6 Å². The fraction of sp³-hybridized carbons (Fsp3) is 0.615. The number of carbonyl (C=O) groups excluding carboxylic acids is 1. The molecular weight excluding hydrogens is 425 g/mol. The van der Waals surface area contributed by atoms with E-state index in [-0.39, 0.29) is 23.3 Å². The summed E-state index contributed by atoms with van der Waals surface area (Å²) < 4.78 is -1.02. The van der Waals surface area contributed by atoms with Crippen LogP contribution in [0.5, 0.6) is 0 Å². The monoisotopic (exact) mass is 437 g/mol. The van der Waals surface area contributed by atoms with E-state index in [9.17, 15) is 9.90 Å². The number of fused-ring (bicyclic) bond motifs is 1. The predicted octanol–water partition coefficient (Wildman–Crippen LogP) is 3.11. The summed E-state index contributed by atoms with van der Waals surface area (Å²) in [6, 6.07) is -0.0725. The molecule has 1 N–H and O–H groups in total. The Bertz CT molecular complexity index is 585. The minimum atomic E-state index is -1.02. The maximum atomic E-state index is 12.8. The van der Waals surface area contributed by atoms with Gasteiger partial charge in [-0.3, -0.25) is 9.69 Å². The van der Waals surface area contributed by atoms with Crippen molar-refractivity contribution in [1.82, 2.24) is 9.97 Å². The highest BCUT2D eigenvalue weighted by Gasteiger charge is 2.51. The molecule has 0 aromatic carbocycles. The molecule has 2 atom stereocenters. The molecule has 1 fully saturated rings. The third kappa shape index (κ3) is 2.73. The maximum Gasteiger partial charge on any atom is 0.260 e. The van der Waals surface area contributed by atoms with E-state index in [1.165, 1.54) is 0 Å². The summed E-state index contributed by atoms with van der Waals surface area (Å²) >= 11 is 12.7. The van der Waals surface area contributed by atoms with Crippen molar-refractivity contribution in [1.29, 1.82) is 0 Å². The van der Waals surface area contributed by atoms with Crippen molar-refractivity contribution in [3.05, 3.63) is 17.0 Å². The number of carbonyl (C=O) groups is 1. The molecule has 3 rings (SSSR count). The van der Waals surface area contributed by atoms with Gasteiger partial charge in [0.2, 0.25) is 5.28 Å². The molecule has 2 heterocycles. The maximum absolute atomic E-state index is 12.8. The summed E-state index contributed by atoms with van der Waals surface area (Å²) in [7, 11) is 0. The van der Waals surface area contributed by atoms with Gasteiger partial charge in [-0.15, -0.1) is 0 Å². The molecular formula is C13H14Br2ClN3O2. The average molecular weight is 440 g/mol. The van der Waals surface area contributed by atoms with Crippen molar-refractivity contribution in [3.8, 4) is 0 Å². The Morgan fingerprint density at radius 1 is 1.38 bits per heavy atom. The van der Waals surface area contributed by atoms with Gasteiger partial charge in [0.15, 0.2) is 3.23 Å². The van der Waals surface area contributed by atoms with Crippen molar-refractivity contribution >= 4 is 55.2 Å². The molecule has 2 aliphatic rings. The molecule has 114 valence electrons. The molecule has 1 aromatic heterocycles. The zero-order valence-electron chi connectivity index (χ0n) is 11.1. The fourth-order valence-corrected chi connectivity index (χ4v) is 4.07. The standard InChI is InChI=1S/C13H14Br2ClN3O2/c14-13(15)9-6-17-12(16)18-10(9)19(11(13)21)7-3-1-2-4-8(20)5-7/h6-8,20H,1-5H2. The van der Waals surface area contributed by atoms with E-state index in [2.05, 4.69) is 41.8 Å². The number of alkyl halides is 2. The number of aliphatic hydroxyl groups is 1. The first kappa shape index (κ1) is 15.6. The highest BCUT2D eigenvalue weighted by molar-refractivity contribution is 9.25. The Labute approximate surface area is 144 Å². The van der Waals surface area contributed by atoms with Gasteiger partial charge in [0.1, 0.15) is 5.82 Å². The van der Waals surface area contributed by atoms with Gasteiger partial charge in [0, 0.05) is 12.2 Å². The van der Waals surface area contributed by atoms with Crippen LogP contribution in [0.3, 0.4) is 0 Å². The van der Waals surface area contributed by atoms with Gasteiger partial charge in [-0.05, 0) is 30.9 Å². The van der Waals surface area contributed by atoms with Gasteiger partial charge in [-0.1, -0.05) is 44.7 Å². The number of amides is 1. The van der Waals surface area contributed by atoms with Gasteiger partial charge >= 0.3 is 0 Å². The number of hydrogen-bond acceptors (Lipinski definition) is 4. The Morgan fingerprint density at radius 3 is 2.86 bits per heavy atom. The summed E-state index contributed by atoms with van der Waals surface area (Å²) in [5.74, 6) is 0.376. The van der Waals surface area contributed by atoms with Crippen molar-refractivity contribution in [2.45, 2.75) is 47.5 Å². The van der Waals surface area contributed by atoms with Crippen molar-refractivity contribution in [2.24, 2.45) is 0 Å². The van der Waals surface area contributed by atoms with Crippen LogP contribution in [0.1, 0.15) is 37.7 Å². The minimum absolute atomic E-state index is 0.0725. The van der Waals surface area contributed by atoms with Crippen molar-refractivity contribution in [2.75, 3.05) is 4.90 Å². The van der Waals surface area contributed by atoms with Gasteiger partial charge < -0.3 is 5.11 Å². The van der Waals surface area contributed by atoms with Crippen molar-refractivity contribution < 1.29 is 9.90 Å². The molecule has 1 saturated carbocycles. The number of aromatic nitrogens is 2.